The lowest BCUT2D eigenvalue weighted by Gasteiger charge is -2.23. The molecule has 1 saturated heterocycles. The monoisotopic (exact) mass is 306 g/mol. The van der Waals surface area contributed by atoms with Crippen LogP contribution in [0.25, 0.3) is 0 Å². The lowest BCUT2D eigenvalue weighted by molar-refractivity contribution is 0.685. The highest BCUT2D eigenvalue weighted by Gasteiger charge is 2.13. The normalized spacial score (nSPS) is 21.3. The molecule has 15 heavy (non-hydrogen) atoms. The Morgan fingerprint density at radius 3 is 3.13 bits per heavy atom. The minimum Gasteiger partial charge on any atom is -0.380 e. The zero-order valence-electron chi connectivity index (χ0n) is 8.17. The molecule has 5 heteroatoms. The summed E-state index contributed by atoms with van der Waals surface area (Å²) in [7, 11) is 0. The Balaban J connectivity index is 2.00. The average Bonchev–Trinajstić information content (AvgIpc) is 2.25. The van der Waals surface area contributed by atoms with E-state index in [0.717, 1.165) is 10.2 Å². The molecule has 2 nitrogen and oxygen atoms in total. The van der Waals surface area contributed by atoms with Gasteiger partial charge in [0.15, 0.2) is 0 Å². The summed E-state index contributed by atoms with van der Waals surface area (Å²) in [6.45, 7) is 0. The van der Waals surface area contributed by atoms with Crippen LogP contribution >= 0.6 is 39.3 Å². The van der Waals surface area contributed by atoms with Gasteiger partial charge in [-0.15, -0.1) is 0 Å². The van der Waals surface area contributed by atoms with Gasteiger partial charge >= 0.3 is 0 Å². The fourth-order valence-electron chi connectivity index (χ4n) is 1.59. The second-order valence-corrected chi connectivity index (χ2v) is 5.92. The molecule has 1 aromatic heterocycles. The summed E-state index contributed by atoms with van der Waals surface area (Å²) in [4.78, 5) is 4.09. The molecule has 1 aromatic rings. The minimum atomic E-state index is 0.513. The summed E-state index contributed by atoms with van der Waals surface area (Å²) < 4.78 is 0.845. The molecular weight excluding hydrogens is 296 g/mol. The smallest absolute Gasteiger partial charge is 0.143 e. The van der Waals surface area contributed by atoms with Gasteiger partial charge in [-0.1, -0.05) is 11.6 Å². The molecule has 0 radical (unpaired) electrons. The Hall–Kier alpha value is 0.0700. The van der Waals surface area contributed by atoms with E-state index in [1.807, 2.05) is 17.8 Å². The van der Waals surface area contributed by atoms with E-state index in [2.05, 4.69) is 26.2 Å². The minimum absolute atomic E-state index is 0.513. The van der Waals surface area contributed by atoms with Gasteiger partial charge in [0.05, 0.1) is 16.4 Å². The summed E-state index contributed by atoms with van der Waals surface area (Å²) in [6.07, 6.45) is 4.32. The van der Waals surface area contributed by atoms with Crippen molar-refractivity contribution >= 4 is 45.0 Å². The van der Waals surface area contributed by atoms with Crippen molar-refractivity contribution in [1.29, 1.82) is 0 Å². The van der Waals surface area contributed by atoms with Crippen LogP contribution in [-0.4, -0.2) is 22.5 Å². The highest BCUT2D eigenvalue weighted by Crippen LogP contribution is 2.25. The van der Waals surface area contributed by atoms with Crippen LogP contribution < -0.4 is 5.32 Å². The lowest BCUT2D eigenvalue weighted by atomic mass is 10.2. The predicted octanol–water partition coefficient (Wildman–Crippen LogP) is 3.81. The molecular formula is C10H12BrClN2S. The summed E-state index contributed by atoms with van der Waals surface area (Å²) in [6, 6.07) is 2.55. The van der Waals surface area contributed by atoms with E-state index in [1.165, 1.54) is 24.3 Å². The summed E-state index contributed by atoms with van der Waals surface area (Å²) in [5, 5.41) is 3.99. The Labute approximate surface area is 107 Å². The first-order valence-corrected chi connectivity index (χ1v) is 7.23. The van der Waals surface area contributed by atoms with Crippen molar-refractivity contribution in [2.45, 2.75) is 18.9 Å². The van der Waals surface area contributed by atoms with Crippen molar-refractivity contribution < 1.29 is 0 Å². The van der Waals surface area contributed by atoms with Gasteiger partial charge in [0, 0.05) is 11.8 Å². The maximum Gasteiger partial charge on any atom is 0.143 e. The van der Waals surface area contributed by atoms with Crippen LogP contribution in [0.15, 0.2) is 16.7 Å². The van der Waals surface area contributed by atoms with Gasteiger partial charge in [0.2, 0.25) is 0 Å². The third-order valence-electron chi connectivity index (χ3n) is 2.33. The van der Waals surface area contributed by atoms with Crippen LogP contribution in [-0.2, 0) is 0 Å². The third kappa shape index (κ3) is 3.26. The molecule has 1 N–H and O–H groups in total. The Morgan fingerprint density at radius 1 is 1.60 bits per heavy atom. The van der Waals surface area contributed by atoms with E-state index in [-0.39, 0.29) is 0 Å². The summed E-state index contributed by atoms with van der Waals surface area (Å²) >= 11 is 11.2. The molecule has 0 amide bonds. The second kappa shape index (κ2) is 5.41. The van der Waals surface area contributed by atoms with E-state index in [0.29, 0.717) is 11.2 Å². The van der Waals surface area contributed by atoms with Crippen molar-refractivity contribution in [3.05, 3.63) is 21.9 Å². The fourth-order valence-corrected chi connectivity index (χ4v) is 3.11. The number of thioether (sulfide) groups is 1. The number of pyridine rings is 1. The number of halogens is 2. The molecule has 1 aliphatic rings. The van der Waals surface area contributed by atoms with Crippen LogP contribution in [0.3, 0.4) is 0 Å². The van der Waals surface area contributed by atoms with Crippen molar-refractivity contribution in [3.63, 3.8) is 0 Å². The molecule has 82 valence electrons. The SMILES string of the molecule is Clc1ncc(NC2CCCSC2)cc1Br. The molecule has 2 heterocycles. The molecule has 0 aliphatic carbocycles. The van der Waals surface area contributed by atoms with E-state index in [4.69, 9.17) is 11.6 Å². The molecule has 1 fully saturated rings. The number of nitrogens with one attached hydrogen (secondary N) is 1. The molecule has 0 saturated carbocycles. The molecule has 0 spiro atoms. The Morgan fingerprint density at radius 2 is 2.47 bits per heavy atom. The topological polar surface area (TPSA) is 24.9 Å². The molecule has 0 bridgehead atoms. The standard InChI is InChI=1S/C10H12BrClN2S/c11-9-4-8(5-13-10(9)12)14-7-2-1-3-15-6-7/h4-5,7,14H,1-3,6H2. The van der Waals surface area contributed by atoms with E-state index < -0.39 is 0 Å². The molecule has 1 unspecified atom stereocenters. The largest absolute Gasteiger partial charge is 0.380 e. The summed E-state index contributed by atoms with van der Waals surface area (Å²) in [5.41, 5.74) is 1.04. The van der Waals surface area contributed by atoms with Gasteiger partial charge in [-0.05, 0) is 40.6 Å². The second-order valence-electron chi connectivity index (χ2n) is 3.56. The van der Waals surface area contributed by atoms with Gasteiger partial charge in [-0.3, -0.25) is 0 Å². The Bertz CT molecular complexity index is 342. The number of aromatic nitrogens is 1. The number of hydrogen-bond donors (Lipinski definition) is 1. The zero-order chi connectivity index (χ0) is 10.7. The number of nitrogens with zero attached hydrogens (tertiary/aromatic N) is 1. The first-order valence-electron chi connectivity index (χ1n) is 4.91. The van der Waals surface area contributed by atoms with Crippen molar-refractivity contribution in [1.82, 2.24) is 4.98 Å². The third-order valence-corrected chi connectivity index (χ3v) is 4.68. The van der Waals surface area contributed by atoms with Crippen molar-refractivity contribution in [2.24, 2.45) is 0 Å². The fraction of sp³-hybridized carbons (Fsp3) is 0.500. The van der Waals surface area contributed by atoms with E-state index in [9.17, 15) is 0 Å². The first kappa shape index (κ1) is 11.6. The van der Waals surface area contributed by atoms with Crippen LogP contribution in [0.5, 0.6) is 0 Å². The van der Waals surface area contributed by atoms with Gasteiger partial charge in [-0.25, -0.2) is 4.98 Å². The van der Waals surface area contributed by atoms with Gasteiger partial charge in [0.25, 0.3) is 0 Å². The van der Waals surface area contributed by atoms with Crippen molar-refractivity contribution in [2.75, 3.05) is 16.8 Å². The van der Waals surface area contributed by atoms with E-state index in [1.54, 1.807) is 6.20 Å². The Kier molecular flexibility index (Phi) is 4.17. The maximum absolute atomic E-state index is 5.83. The number of anilines is 1. The van der Waals surface area contributed by atoms with Gasteiger partial charge < -0.3 is 5.32 Å². The number of rotatable bonds is 2. The first-order chi connectivity index (χ1) is 7.25. The van der Waals surface area contributed by atoms with Crippen LogP contribution in [0.1, 0.15) is 12.8 Å². The number of hydrogen-bond acceptors (Lipinski definition) is 3. The molecule has 1 aliphatic heterocycles. The average molecular weight is 308 g/mol. The summed E-state index contributed by atoms with van der Waals surface area (Å²) in [5.74, 6) is 2.47. The predicted molar refractivity (Wildman–Crippen MR) is 70.9 cm³/mol. The maximum atomic E-state index is 5.83. The molecule has 1 atom stereocenters. The molecule has 0 aromatic carbocycles. The quantitative estimate of drug-likeness (QED) is 0.841. The zero-order valence-corrected chi connectivity index (χ0v) is 11.3. The molecule has 2 rings (SSSR count). The van der Waals surface area contributed by atoms with Crippen LogP contribution in [0, 0.1) is 0 Å². The van der Waals surface area contributed by atoms with E-state index >= 15 is 0 Å². The highest BCUT2D eigenvalue weighted by molar-refractivity contribution is 9.10. The van der Waals surface area contributed by atoms with Gasteiger partial charge in [-0.2, -0.15) is 11.8 Å². The van der Waals surface area contributed by atoms with Crippen LogP contribution in [0.4, 0.5) is 5.69 Å². The van der Waals surface area contributed by atoms with Crippen molar-refractivity contribution in [3.8, 4) is 0 Å². The lowest BCUT2D eigenvalue weighted by Crippen LogP contribution is -2.25. The van der Waals surface area contributed by atoms with Gasteiger partial charge in [0.1, 0.15) is 5.15 Å². The highest BCUT2D eigenvalue weighted by atomic mass is 79.9. The van der Waals surface area contributed by atoms with Crippen LogP contribution in [0.2, 0.25) is 5.15 Å².